The molecule has 134 valence electrons. The third-order valence-electron chi connectivity index (χ3n) is 4.24. The molecule has 1 saturated heterocycles. The Morgan fingerprint density at radius 1 is 0.963 bits per heavy atom. The van der Waals surface area contributed by atoms with E-state index < -0.39 is 21.4 Å². The number of nitrogens with one attached hydrogen (secondary N) is 1. The van der Waals surface area contributed by atoms with Crippen molar-refractivity contribution in [2.75, 3.05) is 10.2 Å². The molecule has 27 heavy (non-hydrogen) atoms. The number of amides is 2. The lowest BCUT2D eigenvalue weighted by molar-refractivity contribution is -0.384. The van der Waals surface area contributed by atoms with Crippen molar-refractivity contribution >= 4 is 50.7 Å². The molecule has 0 aromatic heterocycles. The zero-order valence-electron chi connectivity index (χ0n) is 13.9. The van der Waals surface area contributed by atoms with Gasteiger partial charge in [-0.1, -0.05) is 48.5 Å². The first kappa shape index (κ1) is 17.0. The van der Waals surface area contributed by atoms with Gasteiger partial charge in [0.15, 0.2) is 5.37 Å². The van der Waals surface area contributed by atoms with Crippen LogP contribution in [0.1, 0.15) is 0 Å². The Balaban J connectivity index is 1.68. The first-order valence-electron chi connectivity index (χ1n) is 8.08. The van der Waals surface area contributed by atoms with E-state index in [2.05, 4.69) is 5.32 Å². The van der Waals surface area contributed by atoms with Crippen molar-refractivity contribution in [3.8, 4) is 0 Å². The number of hydrogen-bond acceptors (Lipinski definition) is 6. The van der Waals surface area contributed by atoms with Crippen molar-refractivity contribution < 1.29 is 14.5 Å². The van der Waals surface area contributed by atoms with Crippen molar-refractivity contribution in [1.29, 1.82) is 0 Å². The summed E-state index contributed by atoms with van der Waals surface area (Å²) in [6, 6.07) is 18.9. The smallest absolute Gasteiger partial charge is 0.295 e. The van der Waals surface area contributed by atoms with Crippen LogP contribution in [0, 0.1) is 10.1 Å². The monoisotopic (exact) mass is 379 g/mol. The molecule has 3 aromatic carbocycles. The van der Waals surface area contributed by atoms with Crippen LogP contribution in [-0.2, 0) is 4.79 Å². The molecule has 4 rings (SSSR count). The van der Waals surface area contributed by atoms with E-state index in [-0.39, 0.29) is 11.4 Å². The molecule has 0 radical (unpaired) electrons. The Morgan fingerprint density at radius 3 is 2.48 bits per heavy atom. The van der Waals surface area contributed by atoms with E-state index in [0.717, 1.165) is 27.4 Å². The second-order valence-corrected chi connectivity index (χ2v) is 6.91. The molecular formula is C19H13N3O4S. The number of rotatable bonds is 4. The first-order chi connectivity index (χ1) is 13.1. The Morgan fingerprint density at radius 2 is 1.67 bits per heavy atom. The van der Waals surface area contributed by atoms with Gasteiger partial charge in [0.2, 0.25) is 0 Å². The van der Waals surface area contributed by atoms with E-state index in [1.165, 1.54) is 12.1 Å². The Labute approximate surface area is 158 Å². The van der Waals surface area contributed by atoms with E-state index in [0.29, 0.717) is 5.69 Å². The first-order valence-corrected chi connectivity index (χ1v) is 8.96. The maximum atomic E-state index is 12.9. The lowest BCUT2D eigenvalue weighted by Crippen LogP contribution is -2.34. The maximum absolute atomic E-state index is 12.9. The third-order valence-corrected chi connectivity index (χ3v) is 5.18. The molecule has 0 saturated carbocycles. The van der Waals surface area contributed by atoms with E-state index in [9.17, 15) is 19.7 Å². The largest absolute Gasteiger partial charge is 0.359 e. The molecule has 1 N–H and O–H groups in total. The zero-order chi connectivity index (χ0) is 19.0. The summed E-state index contributed by atoms with van der Waals surface area (Å²) < 4.78 is 0. The van der Waals surface area contributed by atoms with Crippen LogP contribution >= 0.6 is 11.8 Å². The van der Waals surface area contributed by atoms with Gasteiger partial charge in [0.1, 0.15) is 5.69 Å². The fourth-order valence-electron chi connectivity index (χ4n) is 3.02. The van der Waals surface area contributed by atoms with Gasteiger partial charge in [-0.2, -0.15) is 0 Å². The molecule has 0 aliphatic carbocycles. The summed E-state index contributed by atoms with van der Waals surface area (Å²) in [4.78, 5) is 37.2. The Kier molecular flexibility index (Phi) is 4.25. The van der Waals surface area contributed by atoms with Gasteiger partial charge in [0.05, 0.1) is 10.6 Å². The summed E-state index contributed by atoms with van der Waals surface area (Å²) >= 11 is 0.804. The van der Waals surface area contributed by atoms with Crippen LogP contribution in [0.4, 0.5) is 21.9 Å². The zero-order valence-corrected chi connectivity index (χ0v) is 14.7. The van der Waals surface area contributed by atoms with Crippen LogP contribution in [0.15, 0.2) is 66.7 Å². The number of fused-ring (bicyclic) bond motifs is 1. The molecule has 3 aromatic rings. The highest BCUT2D eigenvalue weighted by molar-refractivity contribution is 8.16. The normalized spacial score (nSPS) is 16.7. The number of carbonyl (C=O) groups excluding carboxylic acids is 2. The van der Waals surface area contributed by atoms with Crippen molar-refractivity contribution in [3.05, 3.63) is 76.8 Å². The number of benzene rings is 3. The molecular weight excluding hydrogens is 366 g/mol. The molecule has 1 fully saturated rings. The second kappa shape index (κ2) is 6.73. The summed E-state index contributed by atoms with van der Waals surface area (Å²) in [7, 11) is 0. The van der Waals surface area contributed by atoms with Gasteiger partial charge in [0.25, 0.3) is 16.8 Å². The predicted octanol–water partition coefficient (Wildman–Crippen LogP) is 4.39. The fraction of sp³-hybridized carbons (Fsp3) is 0.0526. The maximum Gasteiger partial charge on any atom is 0.295 e. The van der Waals surface area contributed by atoms with Crippen molar-refractivity contribution in [2.24, 2.45) is 0 Å². The van der Waals surface area contributed by atoms with Crippen LogP contribution in [0.5, 0.6) is 0 Å². The predicted molar refractivity (Wildman–Crippen MR) is 105 cm³/mol. The molecule has 0 spiro atoms. The number of hydrogen-bond donors (Lipinski definition) is 1. The van der Waals surface area contributed by atoms with Gasteiger partial charge < -0.3 is 5.32 Å². The highest BCUT2D eigenvalue weighted by atomic mass is 32.2. The number of imide groups is 1. The highest BCUT2D eigenvalue weighted by Crippen LogP contribution is 2.37. The molecule has 1 atom stereocenters. The number of nitro groups is 1. The summed E-state index contributed by atoms with van der Waals surface area (Å²) in [6.07, 6.45) is 0. The third kappa shape index (κ3) is 3.00. The van der Waals surface area contributed by atoms with E-state index in [1.54, 1.807) is 24.3 Å². The summed E-state index contributed by atoms with van der Waals surface area (Å²) in [5.41, 5.74) is 0.547. The Hall–Kier alpha value is -3.39. The quantitative estimate of drug-likeness (QED) is 0.534. The van der Waals surface area contributed by atoms with Crippen LogP contribution in [-0.4, -0.2) is 21.4 Å². The molecule has 1 unspecified atom stereocenters. The Bertz CT molecular complexity index is 1080. The number of nitrogens with zero attached hydrogens (tertiary/aromatic N) is 2. The number of anilines is 2. The topological polar surface area (TPSA) is 92.5 Å². The molecule has 1 aliphatic rings. The number of thioether (sulfide) groups is 1. The lowest BCUT2D eigenvalue weighted by Gasteiger charge is -2.17. The van der Waals surface area contributed by atoms with Gasteiger partial charge in [-0.15, -0.1) is 0 Å². The van der Waals surface area contributed by atoms with Crippen LogP contribution in [0.3, 0.4) is 0 Å². The number of para-hydroxylation sites is 2. The van der Waals surface area contributed by atoms with Gasteiger partial charge in [-0.3, -0.25) is 19.7 Å². The highest BCUT2D eigenvalue weighted by Gasteiger charge is 2.42. The molecule has 0 bridgehead atoms. The SMILES string of the molecule is O=C1SC(Nc2ccccc2[N+](=O)[O-])C(=O)N1c1cccc2ccccc12. The van der Waals surface area contributed by atoms with E-state index >= 15 is 0 Å². The molecule has 8 heteroatoms. The minimum atomic E-state index is -0.933. The van der Waals surface area contributed by atoms with Crippen LogP contribution in [0.25, 0.3) is 10.8 Å². The average Bonchev–Trinajstić information content (AvgIpc) is 2.95. The lowest BCUT2D eigenvalue weighted by atomic mass is 10.1. The molecule has 2 amide bonds. The average molecular weight is 379 g/mol. The van der Waals surface area contributed by atoms with Gasteiger partial charge >= 0.3 is 0 Å². The summed E-state index contributed by atoms with van der Waals surface area (Å²) in [5.74, 6) is -0.459. The number of nitro benzene ring substituents is 1. The van der Waals surface area contributed by atoms with Gasteiger partial charge in [0, 0.05) is 11.5 Å². The van der Waals surface area contributed by atoms with Crippen molar-refractivity contribution in [3.63, 3.8) is 0 Å². The van der Waals surface area contributed by atoms with Crippen LogP contribution < -0.4 is 10.2 Å². The second-order valence-electron chi connectivity index (χ2n) is 5.85. The number of carbonyl (C=O) groups is 2. The minimum absolute atomic E-state index is 0.151. The van der Waals surface area contributed by atoms with Gasteiger partial charge in [-0.25, -0.2) is 4.90 Å². The molecule has 1 heterocycles. The van der Waals surface area contributed by atoms with Crippen molar-refractivity contribution in [1.82, 2.24) is 0 Å². The molecule has 1 aliphatic heterocycles. The molecule has 7 nitrogen and oxygen atoms in total. The standard InChI is InChI=1S/C19H13N3O4S/c23-18-17(20-14-9-3-4-10-16(14)22(25)26)27-19(24)21(18)15-11-5-7-12-6-1-2-8-13(12)15/h1-11,17,20H. The van der Waals surface area contributed by atoms with E-state index in [1.807, 2.05) is 30.3 Å². The summed E-state index contributed by atoms with van der Waals surface area (Å²) in [6.45, 7) is 0. The summed E-state index contributed by atoms with van der Waals surface area (Å²) in [5, 5.41) is 14.3. The minimum Gasteiger partial charge on any atom is -0.359 e. The van der Waals surface area contributed by atoms with Crippen LogP contribution in [0.2, 0.25) is 0 Å². The van der Waals surface area contributed by atoms with Gasteiger partial charge in [-0.05, 0) is 29.3 Å². The van der Waals surface area contributed by atoms with Crippen molar-refractivity contribution in [2.45, 2.75) is 5.37 Å². The van der Waals surface area contributed by atoms with E-state index in [4.69, 9.17) is 0 Å². The fourth-order valence-corrected chi connectivity index (χ4v) is 3.91.